The monoisotopic (exact) mass is 376 g/mol. The summed E-state index contributed by atoms with van der Waals surface area (Å²) in [6.45, 7) is 7.49. The molecule has 2 aromatic heterocycles. The van der Waals surface area contributed by atoms with Crippen molar-refractivity contribution >= 4 is 28.0 Å². The number of anilines is 1. The van der Waals surface area contributed by atoms with Crippen LogP contribution in [0, 0.1) is 13.8 Å². The third-order valence-corrected chi connectivity index (χ3v) is 5.22. The Morgan fingerprint density at radius 1 is 1.19 bits per heavy atom. The molecular formula is C22H20N2O2S. The Kier molecular flexibility index (Phi) is 5.52. The number of thiophene rings is 1. The minimum Gasteiger partial charge on any atom is -0.507 e. The van der Waals surface area contributed by atoms with Gasteiger partial charge in [0.1, 0.15) is 5.76 Å². The van der Waals surface area contributed by atoms with Crippen LogP contribution in [0.4, 0.5) is 5.00 Å². The minimum atomic E-state index is -0.152. The Hall–Kier alpha value is -3.18. The summed E-state index contributed by atoms with van der Waals surface area (Å²) >= 11 is 1.49. The van der Waals surface area contributed by atoms with Gasteiger partial charge in [-0.25, -0.2) is 0 Å². The van der Waals surface area contributed by atoms with Crippen LogP contribution in [-0.4, -0.2) is 16.0 Å². The number of carbonyl (C=O) groups excluding carboxylic acids is 1. The SMILES string of the molecule is C=C/C=C(\O)c1ccc(C)c(-c2ccc(NC(=O)c3ccncc3C)s2)c1. The summed E-state index contributed by atoms with van der Waals surface area (Å²) in [5.41, 5.74) is 4.27. The van der Waals surface area contributed by atoms with Crippen molar-refractivity contribution in [1.29, 1.82) is 0 Å². The fourth-order valence-electron chi connectivity index (χ4n) is 2.71. The zero-order chi connectivity index (χ0) is 19.4. The van der Waals surface area contributed by atoms with Crippen LogP contribution < -0.4 is 5.32 Å². The van der Waals surface area contributed by atoms with Crippen molar-refractivity contribution in [2.24, 2.45) is 0 Å². The van der Waals surface area contributed by atoms with E-state index in [1.165, 1.54) is 11.3 Å². The molecule has 0 atom stereocenters. The molecule has 0 fully saturated rings. The minimum absolute atomic E-state index is 0.152. The van der Waals surface area contributed by atoms with Crippen LogP contribution in [0.2, 0.25) is 0 Å². The van der Waals surface area contributed by atoms with Gasteiger partial charge in [0.2, 0.25) is 0 Å². The van der Waals surface area contributed by atoms with E-state index in [-0.39, 0.29) is 11.7 Å². The Morgan fingerprint density at radius 3 is 2.74 bits per heavy atom. The van der Waals surface area contributed by atoms with Crippen LogP contribution in [0.3, 0.4) is 0 Å². The lowest BCUT2D eigenvalue weighted by Gasteiger charge is -2.07. The van der Waals surface area contributed by atoms with Crippen LogP contribution in [0.15, 0.2) is 67.5 Å². The van der Waals surface area contributed by atoms with Gasteiger partial charge in [0, 0.05) is 28.4 Å². The second-order valence-corrected chi connectivity index (χ2v) is 7.21. The van der Waals surface area contributed by atoms with Gasteiger partial charge in [0.25, 0.3) is 5.91 Å². The summed E-state index contributed by atoms with van der Waals surface area (Å²) in [6.07, 6.45) is 6.40. The van der Waals surface area contributed by atoms with Crippen LogP contribution in [0.1, 0.15) is 27.0 Å². The average Bonchev–Trinajstić information content (AvgIpc) is 3.10. The van der Waals surface area contributed by atoms with Crippen molar-refractivity contribution < 1.29 is 9.90 Å². The molecule has 0 spiro atoms. The lowest BCUT2D eigenvalue weighted by atomic mass is 10.0. The molecule has 0 saturated carbocycles. The maximum atomic E-state index is 12.5. The molecule has 0 aliphatic carbocycles. The standard InChI is InChI=1S/C22H20N2O2S/c1-4-5-19(25)16-7-6-14(2)18(12-16)20-8-9-21(27-20)24-22(26)17-10-11-23-13-15(17)3/h4-13,25H,1H2,2-3H3,(H,24,26)/b19-5-. The smallest absolute Gasteiger partial charge is 0.256 e. The first kappa shape index (κ1) is 18.6. The summed E-state index contributed by atoms with van der Waals surface area (Å²) < 4.78 is 0. The second kappa shape index (κ2) is 8.01. The summed E-state index contributed by atoms with van der Waals surface area (Å²) in [6, 6.07) is 11.4. The molecule has 1 amide bonds. The number of aryl methyl sites for hydroxylation is 2. The highest BCUT2D eigenvalue weighted by Gasteiger charge is 2.12. The van der Waals surface area contributed by atoms with Crippen molar-refractivity contribution in [3.05, 3.63) is 89.8 Å². The second-order valence-electron chi connectivity index (χ2n) is 6.13. The summed E-state index contributed by atoms with van der Waals surface area (Å²) in [5, 5.41) is 13.8. The number of pyridine rings is 1. The van der Waals surface area contributed by atoms with E-state index in [2.05, 4.69) is 16.9 Å². The van der Waals surface area contributed by atoms with Gasteiger partial charge in [-0.3, -0.25) is 9.78 Å². The first-order valence-corrected chi connectivity index (χ1v) is 9.26. The lowest BCUT2D eigenvalue weighted by Crippen LogP contribution is -2.12. The molecule has 0 saturated heterocycles. The molecule has 27 heavy (non-hydrogen) atoms. The van der Waals surface area contributed by atoms with Gasteiger partial charge < -0.3 is 10.4 Å². The van der Waals surface area contributed by atoms with Gasteiger partial charge in [-0.05, 0) is 60.9 Å². The van der Waals surface area contributed by atoms with Gasteiger partial charge in [0.05, 0.1) is 5.00 Å². The highest BCUT2D eigenvalue weighted by molar-refractivity contribution is 7.19. The van der Waals surface area contributed by atoms with Crippen molar-refractivity contribution in [1.82, 2.24) is 4.98 Å². The zero-order valence-electron chi connectivity index (χ0n) is 15.2. The third kappa shape index (κ3) is 4.15. The molecule has 4 nitrogen and oxygen atoms in total. The number of hydrogen-bond donors (Lipinski definition) is 2. The number of benzene rings is 1. The van der Waals surface area contributed by atoms with E-state index >= 15 is 0 Å². The molecule has 0 unspecified atom stereocenters. The molecule has 0 aliphatic rings. The predicted octanol–water partition coefficient (Wildman–Crippen LogP) is 5.76. The van der Waals surface area contributed by atoms with E-state index in [0.29, 0.717) is 5.56 Å². The molecular weight excluding hydrogens is 356 g/mol. The fraction of sp³-hybridized carbons (Fsp3) is 0.0909. The highest BCUT2D eigenvalue weighted by Crippen LogP contribution is 2.35. The molecule has 3 rings (SSSR count). The van der Waals surface area contributed by atoms with Crippen LogP contribution in [0.25, 0.3) is 16.2 Å². The number of aromatic nitrogens is 1. The number of nitrogens with zero attached hydrogens (tertiary/aromatic N) is 1. The van der Waals surface area contributed by atoms with Crippen molar-refractivity contribution in [3.8, 4) is 10.4 Å². The highest BCUT2D eigenvalue weighted by atomic mass is 32.1. The number of amides is 1. The predicted molar refractivity (Wildman–Crippen MR) is 112 cm³/mol. The molecule has 0 radical (unpaired) electrons. The zero-order valence-corrected chi connectivity index (χ0v) is 16.0. The van der Waals surface area contributed by atoms with E-state index < -0.39 is 0 Å². The van der Waals surface area contributed by atoms with Gasteiger partial charge in [0.15, 0.2) is 0 Å². The summed E-state index contributed by atoms with van der Waals surface area (Å²) in [7, 11) is 0. The molecule has 2 heterocycles. The largest absolute Gasteiger partial charge is 0.507 e. The molecule has 0 aliphatic heterocycles. The van der Waals surface area contributed by atoms with Crippen molar-refractivity contribution in [3.63, 3.8) is 0 Å². The van der Waals surface area contributed by atoms with Crippen molar-refractivity contribution in [2.75, 3.05) is 5.32 Å². The van der Waals surface area contributed by atoms with Gasteiger partial charge in [-0.1, -0.05) is 24.8 Å². The molecule has 136 valence electrons. The number of hydrogen-bond acceptors (Lipinski definition) is 4. The van der Waals surface area contributed by atoms with Gasteiger partial charge in [-0.15, -0.1) is 11.3 Å². The topological polar surface area (TPSA) is 62.2 Å². The molecule has 3 aromatic rings. The summed E-state index contributed by atoms with van der Waals surface area (Å²) in [5.74, 6) is 0.0184. The van der Waals surface area contributed by atoms with Crippen LogP contribution in [0.5, 0.6) is 0 Å². The van der Waals surface area contributed by atoms with Crippen LogP contribution in [-0.2, 0) is 0 Å². The van der Waals surface area contributed by atoms with E-state index in [1.807, 2.05) is 44.2 Å². The number of rotatable bonds is 5. The van der Waals surface area contributed by atoms with Crippen LogP contribution >= 0.6 is 11.3 Å². The normalized spacial score (nSPS) is 11.3. The fourth-order valence-corrected chi connectivity index (χ4v) is 3.69. The molecule has 5 heteroatoms. The van der Waals surface area contributed by atoms with Crippen molar-refractivity contribution in [2.45, 2.75) is 13.8 Å². The third-order valence-electron chi connectivity index (χ3n) is 4.18. The lowest BCUT2D eigenvalue weighted by molar-refractivity contribution is 0.102. The molecule has 0 bridgehead atoms. The maximum Gasteiger partial charge on any atom is 0.256 e. The van der Waals surface area contributed by atoms with E-state index in [4.69, 9.17) is 0 Å². The molecule has 1 aromatic carbocycles. The average molecular weight is 376 g/mol. The van der Waals surface area contributed by atoms with E-state index in [0.717, 1.165) is 32.1 Å². The number of carbonyl (C=O) groups is 1. The van der Waals surface area contributed by atoms with E-state index in [9.17, 15) is 9.90 Å². The summed E-state index contributed by atoms with van der Waals surface area (Å²) in [4.78, 5) is 17.5. The first-order valence-electron chi connectivity index (χ1n) is 8.44. The van der Waals surface area contributed by atoms with Gasteiger partial charge >= 0.3 is 0 Å². The Morgan fingerprint density at radius 2 is 2.00 bits per heavy atom. The number of nitrogens with one attached hydrogen (secondary N) is 1. The molecule has 2 N–H and O–H groups in total. The number of aliphatic hydroxyl groups excluding tert-OH is 1. The Bertz CT molecular complexity index is 1030. The quantitative estimate of drug-likeness (QED) is 0.439. The van der Waals surface area contributed by atoms with Gasteiger partial charge in [-0.2, -0.15) is 0 Å². The van der Waals surface area contributed by atoms with E-state index in [1.54, 1.807) is 30.6 Å². The number of allylic oxidation sites excluding steroid dienone is 2. The maximum absolute atomic E-state index is 12.5. The Balaban J connectivity index is 1.87. The Labute approximate surface area is 162 Å². The number of aliphatic hydroxyl groups is 1. The first-order chi connectivity index (χ1) is 13.0.